The molecule has 0 aliphatic heterocycles. The number of nitrogens with one attached hydrogen (secondary N) is 1. The number of amides is 1. The summed E-state index contributed by atoms with van der Waals surface area (Å²) in [6.07, 6.45) is -4.33. The highest BCUT2D eigenvalue weighted by Crippen LogP contribution is 2.33. The Kier molecular flexibility index (Phi) is 6.70. The second kappa shape index (κ2) is 9.65. The van der Waals surface area contributed by atoms with E-state index in [9.17, 15) is 27.2 Å². The number of nitrogens with zero attached hydrogens (tertiary/aromatic N) is 3. The molecule has 0 unspecified atom stereocenters. The van der Waals surface area contributed by atoms with E-state index in [-0.39, 0.29) is 28.2 Å². The number of halogens is 4. The summed E-state index contributed by atoms with van der Waals surface area (Å²) in [6, 6.07) is 8.92. The van der Waals surface area contributed by atoms with Crippen LogP contribution in [0.15, 0.2) is 54.7 Å². The van der Waals surface area contributed by atoms with Crippen molar-refractivity contribution in [2.75, 3.05) is 11.1 Å². The number of alkyl halides is 3. The Morgan fingerprint density at radius 1 is 1.00 bits per heavy atom. The molecule has 0 aliphatic carbocycles. The molecule has 2 aromatic carbocycles. The van der Waals surface area contributed by atoms with Crippen molar-refractivity contribution in [3.05, 3.63) is 71.8 Å². The third-order valence-corrected chi connectivity index (χ3v) is 4.97. The maximum absolute atomic E-state index is 14.8. The van der Waals surface area contributed by atoms with Crippen LogP contribution in [0.3, 0.4) is 0 Å². The largest absolute Gasteiger partial charge is 0.457 e. The van der Waals surface area contributed by atoms with Crippen molar-refractivity contribution in [2.24, 2.45) is 0 Å². The van der Waals surface area contributed by atoms with Crippen LogP contribution in [0, 0.1) is 5.82 Å². The molecule has 198 valence electrons. The number of anilines is 2. The second-order valence-corrected chi connectivity index (χ2v) is 9.08. The molecule has 2 heterocycles. The number of carbonyl (C=O) groups is 2. The van der Waals surface area contributed by atoms with E-state index in [0.29, 0.717) is 16.5 Å². The van der Waals surface area contributed by atoms with Crippen molar-refractivity contribution in [1.29, 1.82) is 0 Å². The highest BCUT2D eigenvalue weighted by molar-refractivity contribution is 6.12. The van der Waals surface area contributed by atoms with Crippen molar-refractivity contribution < 1.29 is 36.6 Å². The van der Waals surface area contributed by atoms with E-state index in [0.717, 1.165) is 18.2 Å². The van der Waals surface area contributed by atoms with Crippen molar-refractivity contribution in [3.63, 3.8) is 0 Å². The molecule has 1 amide bonds. The molecule has 4 rings (SSSR count). The van der Waals surface area contributed by atoms with Crippen LogP contribution < -0.4 is 15.8 Å². The molecule has 0 saturated heterocycles. The third kappa shape index (κ3) is 5.82. The third-order valence-electron chi connectivity index (χ3n) is 4.97. The minimum absolute atomic E-state index is 0.0839. The van der Waals surface area contributed by atoms with Crippen LogP contribution in [-0.2, 0) is 10.9 Å². The molecule has 0 fully saturated rings. The Morgan fingerprint density at radius 2 is 1.71 bits per heavy atom. The quantitative estimate of drug-likeness (QED) is 0.310. The van der Waals surface area contributed by atoms with E-state index in [1.54, 1.807) is 20.8 Å². The summed E-state index contributed by atoms with van der Waals surface area (Å²) in [5.74, 6) is -1.37. The first-order valence-corrected chi connectivity index (χ1v) is 11.0. The van der Waals surface area contributed by atoms with Crippen molar-refractivity contribution in [2.45, 2.75) is 32.5 Å². The molecule has 2 aromatic heterocycles. The smallest absolute Gasteiger partial charge is 0.435 e. The number of rotatable bonds is 4. The van der Waals surface area contributed by atoms with E-state index in [1.165, 1.54) is 30.5 Å². The molecule has 0 atom stereocenters. The standard InChI is InChI=1S/C25H21F4N5O4/c1-24(2,3)38-23(36)34-19-7-4-13(25(27,28)29)10-16(19)21(33-34)22(35)32-18-6-5-14(11-17(18)26)37-15-8-9-31-20(30)12-15/h4-12H,1-3H3,(H2,30,31)(H,32,35). The van der Waals surface area contributed by atoms with Gasteiger partial charge in [0.25, 0.3) is 5.91 Å². The number of hydrogen-bond donors (Lipinski definition) is 2. The number of ether oxygens (including phenoxy) is 2. The number of fused-ring (bicyclic) bond motifs is 1. The van der Waals surface area contributed by atoms with Gasteiger partial charge in [-0.3, -0.25) is 4.79 Å². The summed E-state index contributed by atoms with van der Waals surface area (Å²) in [5, 5.41) is 5.89. The molecule has 0 spiro atoms. The van der Waals surface area contributed by atoms with Gasteiger partial charge in [0.05, 0.1) is 16.8 Å². The molecular weight excluding hydrogens is 510 g/mol. The summed E-state index contributed by atoms with van der Waals surface area (Å²) in [7, 11) is 0. The Balaban J connectivity index is 1.67. The Bertz CT molecular complexity index is 1540. The van der Waals surface area contributed by atoms with Crippen LogP contribution in [0.2, 0.25) is 0 Å². The summed E-state index contributed by atoms with van der Waals surface area (Å²) in [5.41, 5.74) is 2.64. The number of carbonyl (C=O) groups excluding carboxylic acids is 2. The zero-order valence-electron chi connectivity index (χ0n) is 20.3. The van der Waals surface area contributed by atoms with Gasteiger partial charge in [-0.2, -0.15) is 23.0 Å². The normalized spacial score (nSPS) is 11.9. The highest BCUT2D eigenvalue weighted by Gasteiger charge is 2.33. The fourth-order valence-corrected chi connectivity index (χ4v) is 3.38. The van der Waals surface area contributed by atoms with Crippen LogP contribution in [0.5, 0.6) is 11.5 Å². The number of hydrogen-bond acceptors (Lipinski definition) is 7. The highest BCUT2D eigenvalue weighted by atomic mass is 19.4. The fourth-order valence-electron chi connectivity index (χ4n) is 3.38. The lowest BCUT2D eigenvalue weighted by Gasteiger charge is -2.19. The zero-order valence-corrected chi connectivity index (χ0v) is 20.3. The Morgan fingerprint density at radius 3 is 2.34 bits per heavy atom. The fraction of sp³-hybridized carbons (Fsp3) is 0.200. The summed E-state index contributed by atoms with van der Waals surface area (Å²) >= 11 is 0. The maximum atomic E-state index is 14.8. The predicted octanol–water partition coefficient (Wildman–Crippen LogP) is 6.00. The zero-order chi connectivity index (χ0) is 27.8. The maximum Gasteiger partial charge on any atom is 0.435 e. The molecule has 3 N–H and O–H groups in total. The summed E-state index contributed by atoms with van der Waals surface area (Å²) < 4.78 is 66.3. The molecule has 4 aromatic rings. The summed E-state index contributed by atoms with van der Waals surface area (Å²) in [6.45, 7) is 4.77. The van der Waals surface area contributed by atoms with E-state index >= 15 is 0 Å². The van der Waals surface area contributed by atoms with Crippen LogP contribution in [0.1, 0.15) is 36.8 Å². The monoisotopic (exact) mass is 531 g/mol. The number of nitrogens with two attached hydrogens (primary N) is 1. The first-order valence-electron chi connectivity index (χ1n) is 11.0. The lowest BCUT2D eigenvalue weighted by Crippen LogP contribution is -2.28. The SMILES string of the molecule is CC(C)(C)OC(=O)n1nc(C(=O)Nc2ccc(Oc3ccnc(N)c3)cc2F)c2cc(C(F)(F)F)ccc21. The van der Waals surface area contributed by atoms with Gasteiger partial charge in [-0.1, -0.05) is 0 Å². The number of pyridine rings is 1. The van der Waals surface area contributed by atoms with E-state index in [1.807, 2.05) is 0 Å². The van der Waals surface area contributed by atoms with Gasteiger partial charge < -0.3 is 20.5 Å². The number of benzene rings is 2. The topological polar surface area (TPSA) is 121 Å². The molecular formula is C25H21F4N5O4. The van der Waals surface area contributed by atoms with E-state index in [2.05, 4.69) is 15.4 Å². The lowest BCUT2D eigenvalue weighted by atomic mass is 10.1. The van der Waals surface area contributed by atoms with Gasteiger partial charge in [0.2, 0.25) is 0 Å². The van der Waals surface area contributed by atoms with E-state index in [4.69, 9.17) is 15.2 Å². The minimum Gasteiger partial charge on any atom is -0.457 e. The van der Waals surface area contributed by atoms with Gasteiger partial charge in [0.15, 0.2) is 5.69 Å². The molecule has 0 aliphatic rings. The predicted molar refractivity (Wildman–Crippen MR) is 129 cm³/mol. The van der Waals surface area contributed by atoms with Gasteiger partial charge in [-0.25, -0.2) is 14.2 Å². The molecule has 0 bridgehead atoms. The average molecular weight is 531 g/mol. The Labute approximate surface area is 213 Å². The van der Waals surface area contributed by atoms with Crippen LogP contribution in [0.4, 0.5) is 33.9 Å². The number of nitrogen functional groups attached to an aromatic ring is 1. The molecule has 0 radical (unpaired) electrons. The van der Waals surface area contributed by atoms with Crippen LogP contribution in [-0.4, -0.2) is 32.4 Å². The van der Waals surface area contributed by atoms with E-state index < -0.39 is 40.9 Å². The van der Waals surface area contributed by atoms with Crippen molar-refractivity contribution >= 4 is 34.4 Å². The lowest BCUT2D eigenvalue weighted by molar-refractivity contribution is -0.137. The first kappa shape index (κ1) is 26.4. The van der Waals surface area contributed by atoms with Gasteiger partial charge >= 0.3 is 12.3 Å². The van der Waals surface area contributed by atoms with Crippen molar-refractivity contribution in [1.82, 2.24) is 14.8 Å². The van der Waals surface area contributed by atoms with Crippen LogP contribution in [0.25, 0.3) is 10.9 Å². The average Bonchev–Trinajstić information content (AvgIpc) is 3.18. The van der Waals surface area contributed by atoms with Gasteiger partial charge in [0, 0.05) is 23.7 Å². The van der Waals surface area contributed by atoms with Gasteiger partial charge in [0.1, 0.15) is 28.7 Å². The molecule has 9 nitrogen and oxygen atoms in total. The van der Waals surface area contributed by atoms with Crippen LogP contribution >= 0.6 is 0 Å². The first-order chi connectivity index (χ1) is 17.7. The summed E-state index contributed by atoms with van der Waals surface area (Å²) in [4.78, 5) is 29.5. The van der Waals surface area contributed by atoms with Gasteiger partial charge in [-0.15, -0.1) is 0 Å². The Hall–Kier alpha value is -4.68. The van der Waals surface area contributed by atoms with Gasteiger partial charge in [-0.05, 0) is 57.2 Å². The minimum atomic E-state index is -4.72. The van der Waals surface area contributed by atoms with Crippen molar-refractivity contribution in [3.8, 4) is 11.5 Å². The molecule has 0 saturated carbocycles. The molecule has 13 heteroatoms. The molecule has 38 heavy (non-hydrogen) atoms. The number of aromatic nitrogens is 3. The second-order valence-electron chi connectivity index (χ2n) is 9.08.